The van der Waals surface area contributed by atoms with E-state index in [9.17, 15) is 22.8 Å². The van der Waals surface area contributed by atoms with Crippen LogP contribution in [0.2, 0.25) is 0 Å². The molecule has 1 saturated heterocycles. The molecule has 1 aliphatic heterocycles. The number of rotatable bonds is 8. The Kier molecular flexibility index (Phi) is 8.48. The Bertz CT molecular complexity index is 1880. The number of methoxy groups -OCH3 is 1. The number of benzene rings is 2. The van der Waals surface area contributed by atoms with Gasteiger partial charge in [0.05, 0.1) is 47.0 Å². The number of thiazole rings is 1. The first kappa shape index (κ1) is 30.5. The molecule has 234 valence electrons. The summed E-state index contributed by atoms with van der Waals surface area (Å²) in [6, 6.07) is 13.8. The highest BCUT2D eigenvalue weighted by atomic mass is 32.1. The number of aromatic nitrogens is 4. The Morgan fingerprint density at radius 2 is 1.72 bits per heavy atom. The quantitative estimate of drug-likeness (QED) is 0.180. The molecule has 2 N–H and O–H groups in total. The van der Waals surface area contributed by atoms with Crippen LogP contribution in [0.3, 0.4) is 0 Å². The SMILES string of the molecule is COc1ccccc1-c1ncc(C(F)(F)F)cc1NC(=O)Nc1cnc(Oc2ccc(-c3cnc(N4CCCC4=O)s3)cc2)nc1. The minimum absolute atomic E-state index is 0.00636. The van der Waals surface area contributed by atoms with Gasteiger partial charge in [0, 0.05) is 30.9 Å². The first-order valence-electron chi connectivity index (χ1n) is 13.8. The van der Waals surface area contributed by atoms with E-state index in [0.29, 0.717) is 41.4 Å². The molecule has 11 nitrogen and oxygen atoms in total. The van der Waals surface area contributed by atoms with Gasteiger partial charge in [-0.3, -0.25) is 14.7 Å². The number of urea groups is 1. The van der Waals surface area contributed by atoms with Crippen molar-refractivity contribution < 1.29 is 32.2 Å². The van der Waals surface area contributed by atoms with Crippen molar-refractivity contribution in [2.24, 2.45) is 0 Å². The van der Waals surface area contributed by atoms with Crippen LogP contribution in [0.5, 0.6) is 17.5 Å². The van der Waals surface area contributed by atoms with E-state index in [1.165, 1.54) is 30.8 Å². The van der Waals surface area contributed by atoms with Gasteiger partial charge < -0.3 is 20.1 Å². The van der Waals surface area contributed by atoms with Crippen LogP contribution < -0.4 is 25.0 Å². The fraction of sp³-hybridized carbons (Fsp3) is 0.161. The van der Waals surface area contributed by atoms with E-state index in [-0.39, 0.29) is 29.0 Å². The highest BCUT2D eigenvalue weighted by Gasteiger charge is 2.32. The molecule has 15 heteroatoms. The molecule has 3 aromatic heterocycles. The summed E-state index contributed by atoms with van der Waals surface area (Å²) in [5.41, 5.74) is 0.330. The second-order valence-corrected chi connectivity index (χ2v) is 10.9. The van der Waals surface area contributed by atoms with Crippen LogP contribution in [0.15, 0.2) is 79.4 Å². The summed E-state index contributed by atoms with van der Waals surface area (Å²) < 4.78 is 51.4. The molecule has 46 heavy (non-hydrogen) atoms. The van der Waals surface area contributed by atoms with Crippen molar-refractivity contribution in [3.63, 3.8) is 0 Å². The molecule has 6 rings (SSSR count). The summed E-state index contributed by atoms with van der Waals surface area (Å²) in [6.07, 6.45) is 1.70. The van der Waals surface area contributed by atoms with Crippen molar-refractivity contribution in [1.29, 1.82) is 0 Å². The maximum Gasteiger partial charge on any atom is 0.417 e. The number of carbonyl (C=O) groups excluding carboxylic acids is 2. The van der Waals surface area contributed by atoms with Crippen LogP contribution in [-0.4, -0.2) is 45.5 Å². The molecule has 3 amide bonds. The van der Waals surface area contributed by atoms with Gasteiger partial charge in [-0.05, 0) is 54.4 Å². The zero-order valence-corrected chi connectivity index (χ0v) is 24.9. The van der Waals surface area contributed by atoms with E-state index < -0.39 is 17.8 Å². The zero-order chi connectivity index (χ0) is 32.3. The number of anilines is 3. The largest absolute Gasteiger partial charge is 0.496 e. The molecule has 0 unspecified atom stereocenters. The third-order valence-electron chi connectivity index (χ3n) is 6.86. The minimum Gasteiger partial charge on any atom is -0.496 e. The standard InChI is InChI=1S/C31H24F3N7O4S/c1-44-24-6-3-2-5-22(24)27-23(13-19(14-35-27)31(32,33)34)40-28(43)39-20-15-36-29(37-16-20)45-21-10-8-18(9-11-21)25-17-38-30(46-25)41-12-4-7-26(41)42/h2-3,5-6,8-11,13-17H,4,7,12H2,1H3,(H2,39,40,43). The van der Waals surface area contributed by atoms with E-state index in [1.54, 1.807) is 47.5 Å². The van der Waals surface area contributed by atoms with Crippen molar-refractivity contribution in [3.8, 4) is 39.2 Å². The van der Waals surface area contributed by atoms with E-state index in [2.05, 4.69) is 30.6 Å². The number of hydrogen-bond donors (Lipinski definition) is 2. The Morgan fingerprint density at radius 1 is 0.957 bits per heavy atom. The number of para-hydroxylation sites is 1. The van der Waals surface area contributed by atoms with Crippen LogP contribution in [0, 0.1) is 0 Å². The molecule has 1 fully saturated rings. The maximum atomic E-state index is 13.5. The lowest BCUT2D eigenvalue weighted by Gasteiger charge is -2.16. The predicted molar refractivity (Wildman–Crippen MR) is 165 cm³/mol. The van der Waals surface area contributed by atoms with Crippen molar-refractivity contribution in [2.45, 2.75) is 19.0 Å². The fourth-order valence-electron chi connectivity index (χ4n) is 4.65. The highest BCUT2D eigenvalue weighted by Crippen LogP contribution is 2.38. The van der Waals surface area contributed by atoms with Gasteiger partial charge in [0.15, 0.2) is 5.13 Å². The molecule has 4 heterocycles. The minimum atomic E-state index is -4.68. The molecule has 0 atom stereocenters. The fourth-order valence-corrected chi connectivity index (χ4v) is 5.62. The van der Waals surface area contributed by atoms with Gasteiger partial charge in [-0.25, -0.2) is 19.7 Å². The number of nitrogens with zero attached hydrogens (tertiary/aromatic N) is 5. The van der Waals surface area contributed by atoms with Crippen molar-refractivity contribution >= 4 is 39.8 Å². The van der Waals surface area contributed by atoms with Crippen molar-refractivity contribution in [3.05, 3.63) is 84.9 Å². The van der Waals surface area contributed by atoms with E-state index in [1.807, 2.05) is 12.1 Å². The van der Waals surface area contributed by atoms with Crippen LogP contribution in [0.1, 0.15) is 18.4 Å². The third-order valence-corrected chi connectivity index (χ3v) is 7.93. The van der Waals surface area contributed by atoms with Crippen LogP contribution >= 0.6 is 11.3 Å². The number of alkyl halides is 3. The first-order valence-corrected chi connectivity index (χ1v) is 14.6. The number of ether oxygens (including phenoxy) is 2. The molecule has 0 spiro atoms. The normalized spacial score (nSPS) is 13.0. The number of amides is 3. The number of carbonyl (C=O) groups is 2. The molecule has 0 aliphatic carbocycles. The monoisotopic (exact) mass is 647 g/mol. The molecule has 1 aliphatic rings. The molecular formula is C31H24F3N7O4S. The highest BCUT2D eigenvalue weighted by molar-refractivity contribution is 7.19. The first-order chi connectivity index (χ1) is 22.2. The van der Waals surface area contributed by atoms with Gasteiger partial charge in [-0.2, -0.15) is 13.2 Å². The molecule has 2 aromatic carbocycles. The van der Waals surface area contributed by atoms with Gasteiger partial charge in [-0.1, -0.05) is 23.5 Å². The van der Waals surface area contributed by atoms with E-state index in [4.69, 9.17) is 9.47 Å². The summed E-state index contributed by atoms with van der Waals surface area (Å²) in [6.45, 7) is 0.676. The van der Waals surface area contributed by atoms with Crippen LogP contribution in [-0.2, 0) is 11.0 Å². The zero-order valence-electron chi connectivity index (χ0n) is 24.0. The molecule has 0 radical (unpaired) electrons. The van der Waals surface area contributed by atoms with Crippen molar-refractivity contribution in [1.82, 2.24) is 19.9 Å². The Labute approximate surface area is 264 Å². The second kappa shape index (κ2) is 12.8. The Hall–Kier alpha value is -5.57. The summed E-state index contributed by atoms with van der Waals surface area (Å²) in [4.78, 5) is 44.0. The second-order valence-electron chi connectivity index (χ2n) is 9.93. The number of hydrogen-bond acceptors (Lipinski definition) is 9. The topological polar surface area (TPSA) is 131 Å². The third kappa shape index (κ3) is 6.73. The molecule has 0 bridgehead atoms. The van der Waals surface area contributed by atoms with Crippen LogP contribution in [0.25, 0.3) is 21.7 Å². The lowest BCUT2D eigenvalue weighted by atomic mass is 10.1. The molecule has 0 saturated carbocycles. The molecule has 5 aromatic rings. The Morgan fingerprint density at radius 3 is 2.41 bits per heavy atom. The lowest BCUT2D eigenvalue weighted by Crippen LogP contribution is -2.23. The predicted octanol–water partition coefficient (Wildman–Crippen LogP) is 7.25. The van der Waals surface area contributed by atoms with Crippen molar-refractivity contribution in [2.75, 3.05) is 29.2 Å². The summed E-state index contributed by atoms with van der Waals surface area (Å²) in [5, 5.41) is 5.61. The number of pyridine rings is 1. The lowest BCUT2D eigenvalue weighted by molar-refractivity contribution is -0.137. The van der Waals surface area contributed by atoms with E-state index in [0.717, 1.165) is 22.9 Å². The van der Waals surface area contributed by atoms with E-state index >= 15 is 0 Å². The van der Waals surface area contributed by atoms with Gasteiger partial charge in [0.1, 0.15) is 11.5 Å². The number of nitrogens with one attached hydrogen (secondary N) is 2. The molecular weight excluding hydrogens is 623 g/mol. The smallest absolute Gasteiger partial charge is 0.417 e. The average Bonchev–Trinajstić information content (AvgIpc) is 3.71. The van der Waals surface area contributed by atoms with Gasteiger partial charge >= 0.3 is 18.2 Å². The average molecular weight is 648 g/mol. The van der Waals surface area contributed by atoms with Gasteiger partial charge in [-0.15, -0.1) is 0 Å². The maximum absolute atomic E-state index is 13.5. The summed E-state index contributed by atoms with van der Waals surface area (Å²) in [5.74, 6) is 0.907. The van der Waals surface area contributed by atoms with Gasteiger partial charge in [0.2, 0.25) is 5.91 Å². The summed E-state index contributed by atoms with van der Waals surface area (Å²) >= 11 is 1.44. The van der Waals surface area contributed by atoms with Gasteiger partial charge in [0.25, 0.3) is 0 Å². The summed E-state index contributed by atoms with van der Waals surface area (Å²) in [7, 11) is 1.42. The Balaban J connectivity index is 1.11. The number of halogens is 3. The van der Waals surface area contributed by atoms with Crippen LogP contribution in [0.4, 0.5) is 34.5 Å².